The molecule has 0 radical (unpaired) electrons. The lowest BCUT2D eigenvalue weighted by atomic mass is 9.45. The van der Waals surface area contributed by atoms with Crippen molar-refractivity contribution in [1.29, 1.82) is 0 Å². The van der Waals surface area contributed by atoms with E-state index in [0.717, 1.165) is 80.5 Å². The molecular formula is C45H78O3. The second kappa shape index (κ2) is 18.4. The fourth-order valence-corrected chi connectivity index (χ4v) is 11.9. The average molecular weight is 667 g/mol. The van der Waals surface area contributed by atoms with E-state index in [1.807, 2.05) is 0 Å². The second-order valence-electron chi connectivity index (χ2n) is 18.5. The Morgan fingerprint density at radius 1 is 0.833 bits per heavy atom. The zero-order chi connectivity index (χ0) is 34.8. The molecular weight excluding hydrogens is 588 g/mol. The fourth-order valence-electron chi connectivity index (χ4n) is 11.9. The van der Waals surface area contributed by atoms with Crippen LogP contribution >= 0.6 is 0 Å². The highest BCUT2D eigenvalue weighted by Gasteiger charge is 2.60. The summed E-state index contributed by atoms with van der Waals surface area (Å²) in [6.45, 7) is 14.8. The topological polar surface area (TPSA) is 57.5 Å². The number of unbranched alkanes of at least 4 members (excludes halogenated alkanes) is 9. The molecule has 0 aromatic heterocycles. The molecule has 48 heavy (non-hydrogen) atoms. The van der Waals surface area contributed by atoms with Crippen LogP contribution in [0.2, 0.25) is 0 Å². The maximum Gasteiger partial charge on any atom is 0.303 e. The van der Waals surface area contributed by atoms with Crippen LogP contribution < -0.4 is 0 Å². The summed E-state index contributed by atoms with van der Waals surface area (Å²) in [5, 5.41) is 22.1. The summed E-state index contributed by atoms with van der Waals surface area (Å²) in [4.78, 5) is 12.0. The maximum absolute atomic E-state index is 12.2. The predicted molar refractivity (Wildman–Crippen MR) is 204 cm³/mol. The molecule has 0 heterocycles. The smallest absolute Gasteiger partial charge is 0.303 e. The quantitative estimate of drug-likeness (QED) is 0.0947. The van der Waals surface area contributed by atoms with Crippen LogP contribution in [-0.2, 0) is 4.79 Å². The van der Waals surface area contributed by atoms with Crippen LogP contribution in [0.25, 0.3) is 0 Å². The van der Waals surface area contributed by atoms with Gasteiger partial charge < -0.3 is 10.2 Å². The second-order valence-corrected chi connectivity index (χ2v) is 18.5. The van der Waals surface area contributed by atoms with Gasteiger partial charge in [0.05, 0.1) is 12.0 Å². The first-order valence-electron chi connectivity index (χ1n) is 21.2. The molecule has 0 saturated heterocycles. The Bertz CT molecular complexity index is 1040. The van der Waals surface area contributed by atoms with Gasteiger partial charge >= 0.3 is 5.97 Å². The molecule has 0 aromatic carbocycles. The number of hydrogen-bond acceptors (Lipinski definition) is 2. The van der Waals surface area contributed by atoms with Crippen LogP contribution in [0.5, 0.6) is 0 Å². The molecule has 4 rings (SSSR count). The molecule has 0 aliphatic heterocycles. The van der Waals surface area contributed by atoms with Crippen molar-refractivity contribution in [2.24, 2.45) is 52.3 Å². The van der Waals surface area contributed by atoms with Crippen molar-refractivity contribution in [3.05, 3.63) is 23.8 Å². The van der Waals surface area contributed by atoms with Gasteiger partial charge in [0.1, 0.15) is 0 Å². The third kappa shape index (κ3) is 9.82. The van der Waals surface area contributed by atoms with E-state index in [1.165, 1.54) is 102 Å². The Hall–Kier alpha value is -1.09. The lowest BCUT2D eigenvalue weighted by molar-refractivity contribution is -0.143. The summed E-state index contributed by atoms with van der Waals surface area (Å²) < 4.78 is 0. The zero-order valence-corrected chi connectivity index (χ0v) is 32.5. The third-order valence-electron chi connectivity index (χ3n) is 14.9. The molecule has 9 atom stereocenters. The number of hydrogen-bond donors (Lipinski definition) is 2. The molecule has 0 amide bonds. The van der Waals surface area contributed by atoms with Gasteiger partial charge in [0.2, 0.25) is 0 Å². The number of carboxylic acids is 1. The highest BCUT2D eigenvalue weighted by atomic mass is 16.4. The molecule has 4 unspecified atom stereocenters. The van der Waals surface area contributed by atoms with E-state index in [0.29, 0.717) is 11.8 Å². The molecule has 3 saturated carbocycles. The summed E-state index contributed by atoms with van der Waals surface area (Å²) in [6, 6.07) is 0. The fraction of sp³-hybridized carbons (Fsp3) is 0.889. The van der Waals surface area contributed by atoms with Crippen molar-refractivity contribution in [2.45, 2.75) is 201 Å². The number of rotatable bonds is 21. The standard InChI is InChI=1S/C45H78O3/c1-7-8-9-10-11-12-13-14-15-16-17-18-19-23-36(32-42(46)47)45(48)31-30-43(5)37(33-45)24-25-38-40-27-26-39(35(4)22-20-21-34(2)3)44(40,6)29-28-41(38)43/h14-15,24,34-36,38-41,48H,7-13,16-23,25-33H2,1-6H3,(H,46,47)/t35-,36-,38?,39-,40?,41?,43+,44-,45?/m1/s1. The number of aliphatic carboxylic acids is 1. The molecule has 3 fully saturated rings. The number of fused-ring (bicyclic) bond motifs is 5. The highest BCUT2D eigenvalue weighted by molar-refractivity contribution is 5.67. The Balaban J connectivity index is 1.29. The van der Waals surface area contributed by atoms with Gasteiger partial charge in [-0.2, -0.15) is 0 Å². The van der Waals surface area contributed by atoms with Gasteiger partial charge in [-0.1, -0.05) is 130 Å². The van der Waals surface area contributed by atoms with E-state index in [4.69, 9.17) is 0 Å². The first-order chi connectivity index (χ1) is 22.9. The van der Waals surface area contributed by atoms with Crippen LogP contribution in [0.4, 0.5) is 0 Å². The predicted octanol–water partition coefficient (Wildman–Crippen LogP) is 13.1. The Morgan fingerprint density at radius 3 is 2.21 bits per heavy atom. The molecule has 3 nitrogen and oxygen atoms in total. The van der Waals surface area contributed by atoms with E-state index >= 15 is 0 Å². The number of aliphatic hydroxyl groups is 1. The number of carbonyl (C=O) groups is 1. The summed E-state index contributed by atoms with van der Waals surface area (Å²) in [5.74, 6) is 3.98. The molecule has 2 N–H and O–H groups in total. The van der Waals surface area contributed by atoms with Gasteiger partial charge in [-0.3, -0.25) is 4.79 Å². The normalized spacial score (nSPS) is 34.5. The molecule has 3 heteroatoms. The SMILES string of the molecule is CCCCCCCCC=CCCCCC[C@H](CC(=O)O)C1(O)CC[C@@]2(C)C(=CCC3C2CC[C@@]2(C)C3CC[C@@H]2[C@H](C)CCCC(C)C)C1. The van der Waals surface area contributed by atoms with Crippen molar-refractivity contribution in [3.8, 4) is 0 Å². The zero-order valence-electron chi connectivity index (χ0n) is 32.5. The Labute approximate surface area is 297 Å². The van der Waals surface area contributed by atoms with Gasteiger partial charge in [0, 0.05) is 0 Å². The van der Waals surface area contributed by atoms with Crippen molar-refractivity contribution >= 4 is 5.97 Å². The van der Waals surface area contributed by atoms with E-state index in [1.54, 1.807) is 0 Å². The molecule has 4 aliphatic rings. The number of allylic oxidation sites excluding steroid dienone is 3. The van der Waals surface area contributed by atoms with Gasteiger partial charge in [-0.15, -0.1) is 0 Å². The van der Waals surface area contributed by atoms with E-state index < -0.39 is 11.6 Å². The third-order valence-corrected chi connectivity index (χ3v) is 14.9. The van der Waals surface area contributed by atoms with Crippen LogP contribution in [-0.4, -0.2) is 21.8 Å². The highest BCUT2D eigenvalue weighted by Crippen LogP contribution is 2.68. The summed E-state index contributed by atoms with van der Waals surface area (Å²) in [5.41, 5.74) is 1.27. The number of carboxylic acid groups (broad SMARTS) is 1. The molecule has 0 aromatic rings. The minimum absolute atomic E-state index is 0.0991. The molecule has 276 valence electrons. The first-order valence-corrected chi connectivity index (χ1v) is 21.2. The Morgan fingerprint density at radius 2 is 1.52 bits per heavy atom. The van der Waals surface area contributed by atoms with Gasteiger partial charge in [-0.05, 0) is 136 Å². The maximum atomic E-state index is 12.2. The lowest BCUT2D eigenvalue weighted by Crippen LogP contribution is -2.54. The van der Waals surface area contributed by atoms with Gasteiger partial charge in [0.15, 0.2) is 0 Å². The van der Waals surface area contributed by atoms with Crippen molar-refractivity contribution in [3.63, 3.8) is 0 Å². The summed E-state index contributed by atoms with van der Waals surface area (Å²) >= 11 is 0. The largest absolute Gasteiger partial charge is 0.481 e. The van der Waals surface area contributed by atoms with Gasteiger partial charge in [0.25, 0.3) is 0 Å². The average Bonchev–Trinajstić information content (AvgIpc) is 3.40. The summed E-state index contributed by atoms with van der Waals surface area (Å²) in [6.07, 6.45) is 35.3. The first kappa shape index (κ1) is 39.7. The molecule has 4 aliphatic carbocycles. The van der Waals surface area contributed by atoms with E-state index in [9.17, 15) is 15.0 Å². The monoisotopic (exact) mass is 667 g/mol. The van der Waals surface area contributed by atoms with Crippen molar-refractivity contribution in [1.82, 2.24) is 0 Å². The Kier molecular flexibility index (Phi) is 15.2. The molecule has 0 spiro atoms. The molecule has 0 bridgehead atoms. The van der Waals surface area contributed by atoms with Crippen molar-refractivity contribution in [2.75, 3.05) is 0 Å². The van der Waals surface area contributed by atoms with Crippen LogP contribution in [0, 0.1) is 52.3 Å². The van der Waals surface area contributed by atoms with Crippen LogP contribution in [0.15, 0.2) is 23.8 Å². The lowest BCUT2D eigenvalue weighted by Gasteiger charge is -2.60. The van der Waals surface area contributed by atoms with Crippen LogP contribution in [0.1, 0.15) is 196 Å². The van der Waals surface area contributed by atoms with Gasteiger partial charge in [-0.25, -0.2) is 0 Å². The summed E-state index contributed by atoms with van der Waals surface area (Å²) in [7, 11) is 0. The van der Waals surface area contributed by atoms with Crippen LogP contribution in [0.3, 0.4) is 0 Å². The minimum Gasteiger partial charge on any atom is -0.481 e. The van der Waals surface area contributed by atoms with Crippen molar-refractivity contribution < 1.29 is 15.0 Å². The van der Waals surface area contributed by atoms with E-state index in [-0.39, 0.29) is 17.8 Å². The van der Waals surface area contributed by atoms with E-state index in [2.05, 4.69) is 59.8 Å². The minimum atomic E-state index is -0.874.